The Bertz CT molecular complexity index is 1500. The van der Waals surface area contributed by atoms with E-state index in [0.717, 1.165) is 6.42 Å². The zero-order chi connectivity index (χ0) is 27.6. The molecule has 1 aromatic carbocycles. The Balaban J connectivity index is 1.84. The van der Waals surface area contributed by atoms with Crippen molar-refractivity contribution in [2.24, 2.45) is 13.0 Å². The minimum Gasteiger partial charge on any atom is -0.493 e. The van der Waals surface area contributed by atoms with Gasteiger partial charge in [-0.1, -0.05) is 13.3 Å². The number of carbonyl (C=O) groups is 1. The standard InChI is InChI=1S/C27H36N4O6S/c1-5-7-20-23-25(30(4)24(20)17(3)33)27(34)29-26(28-23)21-16-19(8-9-22(21)37-6-2)38(35,36)31-13-10-18(11-14-31)12-15-32/h8-9,16,18,32H,5-7,10-15H2,1-4H3,(H,28,29,34). The van der Waals surface area contributed by atoms with Crippen molar-refractivity contribution in [3.8, 4) is 17.1 Å². The predicted octanol–water partition coefficient (Wildman–Crippen LogP) is 3.27. The lowest BCUT2D eigenvalue weighted by molar-refractivity contribution is 0.100. The van der Waals surface area contributed by atoms with Crippen molar-refractivity contribution in [1.29, 1.82) is 0 Å². The Hall–Kier alpha value is -3.02. The monoisotopic (exact) mass is 544 g/mol. The number of piperidine rings is 1. The molecule has 38 heavy (non-hydrogen) atoms. The minimum absolute atomic E-state index is 0.0885. The number of Topliss-reactive ketones (excluding diaryl/α,β-unsaturated/α-hetero) is 1. The van der Waals surface area contributed by atoms with Gasteiger partial charge in [0, 0.05) is 39.2 Å². The lowest BCUT2D eigenvalue weighted by Crippen LogP contribution is -2.38. The quantitative estimate of drug-likeness (QED) is 0.374. The van der Waals surface area contributed by atoms with Crippen LogP contribution in [0.1, 0.15) is 62.5 Å². The van der Waals surface area contributed by atoms with Crippen molar-refractivity contribution in [2.75, 3.05) is 26.3 Å². The molecule has 0 saturated carbocycles. The van der Waals surface area contributed by atoms with Crippen LogP contribution in [0.15, 0.2) is 27.9 Å². The molecule has 3 heterocycles. The number of benzene rings is 1. The molecule has 10 nitrogen and oxygen atoms in total. The summed E-state index contributed by atoms with van der Waals surface area (Å²) in [4.78, 5) is 33.3. The van der Waals surface area contributed by atoms with Crippen molar-refractivity contribution in [3.63, 3.8) is 0 Å². The number of aryl methyl sites for hydroxylation is 2. The Morgan fingerprint density at radius 2 is 1.95 bits per heavy atom. The van der Waals surface area contributed by atoms with Gasteiger partial charge in [0.1, 0.15) is 22.6 Å². The van der Waals surface area contributed by atoms with E-state index >= 15 is 0 Å². The van der Waals surface area contributed by atoms with Crippen LogP contribution in [0.3, 0.4) is 0 Å². The number of aromatic amines is 1. The van der Waals surface area contributed by atoms with Crippen molar-refractivity contribution < 1.29 is 23.1 Å². The fourth-order valence-electron chi connectivity index (χ4n) is 5.38. The second-order valence-corrected chi connectivity index (χ2v) is 11.7. The Kier molecular flexibility index (Phi) is 8.39. The van der Waals surface area contributed by atoms with Crippen LogP contribution in [0.25, 0.3) is 22.4 Å². The summed E-state index contributed by atoms with van der Waals surface area (Å²) < 4.78 is 35.9. The lowest BCUT2D eigenvalue weighted by Gasteiger charge is -2.31. The van der Waals surface area contributed by atoms with E-state index in [1.165, 1.54) is 23.4 Å². The van der Waals surface area contributed by atoms with E-state index in [2.05, 4.69) is 4.98 Å². The average molecular weight is 545 g/mol. The van der Waals surface area contributed by atoms with Gasteiger partial charge in [0.25, 0.3) is 5.56 Å². The van der Waals surface area contributed by atoms with Crippen LogP contribution >= 0.6 is 0 Å². The normalized spacial score (nSPS) is 15.3. The number of carbonyl (C=O) groups excluding carboxylic acids is 1. The molecule has 11 heteroatoms. The predicted molar refractivity (Wildman–Crippen MR) is 145 cm³/mol. The SMILES string of the molecule is CCCc1c(C(C)=O)n(C)c2c(=O)[nH]c(-c3cc(S(=O)(=O)N4CCC(CCO)CC4)ccc3OCC)nc12. The molecule has 0 spiro atoms. The topological polar surface area (TPSA) is 135 Å². The molecule has 2 N–H and O–H groups in total. The molecule has 0 bridgehead atoms. The third kappa shape index (κ3) is 5.14. The maximum absolute atomic E-state index is 13.5. The molecule has 2 aromatic heterocycles. The average Bonchev–Trinajstić information content (AvgIpc) is 3.17. The summed E-state index contributed by atoms with van der Waals surface area (Å²) in [5.74, 6) is 0.741. The molecule has 0 radical (unpaired) electrons. The number of aliphatic hydroxyl groups is 1. The number of aromatic nitrogens is 3. The van der Waals surface area contributed by atoms with Gasteiger partial charge in [0.2, 0.25) is 10.0 Å². The highest BCUT2D eigenvalue weighted by Gasteiger charge is 2.30. The second kappa shape index (κ2) is 11.4. The third-order valence-corrected chi connectivity index (χ3v) is 9.12. The van der Waals surface area contributed by atoms with E-state index in [4.69, 9.17) is 9.72 Å². The summed E-state index contributed by atoms with van der Waals surface area (Å²) in [5.41, 5.74) is 1.83. The number of fused-ring (bicyclic) bond motifs is 1. The molecule has 3 aromatic rings. The fraction of sp³-hybridized carbons (Fsp3) is 0.519. The molecule has 4 rings (SSSR count). The first-order valence-corrected chi connectivity index (χ1v) is 14.6. The van der Waals surface area contributed by atoms with Gasteiger partial charge in [-0.3, -0.25) is 9.59 Å². The van der Waals surface area contributed by atoms with Gasteiger partial charge in [-0.05, 0) is 56.7 Å². The van der Waals surface area contributed by atoms with Crippen molar-refractivity contribution in [1.82, 2.24) is 18.8 Å². The van der Waals surface area contributed by atoms with Crippen LogP contribution in [-0.2, 0) is 23.5 Å². The van der Waals surface area contributed by atoms with Gasteiger partial charge >= 0.3 is 0 Å². The number of rotatable bonds is 10. The summed E-state index contributed by atoms with van der Waals surface area (Å²) in [7, 11) is -2.12. The number of nitrogens with one attached hydrogen (secondary N) is 1. The molecule has 1 aliphatic rings. The molecule has 1 saturated heterocycles. The molecular weight excluding hydrogens is 508 g/mol. The highest BCUT2D eigenvalue weighted by molar-refractivity contribution is 7.89. The maximum Gasteiger partial charge on any atom is 0.275 e. The summed E-state index contributed by atoms with van der Waals surface area (Å²) in [6, 6.07) is 4.60. The lowest BCUT2D eigenvalue weighted by atomic mass is 9.95. The van der Waals surface area contributed by atoms with Crippen LogP contribution in [-0.4, -0.2) is 64.5 Å². The van der Waals surface area contributed by atoms with Gasteiger partial charge in [-0.25, -0.2) is 13.4 Å². The van der Waals surface area contributed by atoms with Gasteiger partial charge in [-0.2, -0.15) is 4.31 Å². The van der Waals surface area contributed by atoms with Gasteiger partial charge in [-0.15, -0.1) is 0 Å². The Morgan fingerprint density at radius 1 is 1.24 bits per heavy atom. The Labute approximate surface area is 222 Å². The number of nitrogens with zero attached hydrogens (tertiary/aromatic N) is 3. The summed E-state index contributed by atoms with van der Waals surface area (Å²) in [6.45, 7) is 6.49. The Morgan fingerprint density at radius 3 is 2.55 bits per heavy atom. The van der Waals surface area contributed by atoms with Crippen LogP contribution in [0.5, 0.6) is 5.75 Å². The molecule has 0 amide bonds. The summed E-state index contributed by atoms with van der Waals surface area (Å²) in [5, 5.41) is 9.21. The largest absolute Gasteiger partial charge is 0.493 e. The molecule has 1 aliphatic heterocycles. The van der Waals surface area contributed by atoms with Crippen LogP contribution in [0, 0.1) is 5.92 Å². The van der Waals surface area contributed by atoms with Crippen molar-refractivity contribution >= 4 is 26.8 Å². The number of sulfonamides is 1. The number of hydrogen-bond acceptors (Lipinski definition) is 7. The molecule has 0 aliphatic carbocycles. The van der Waals surface area contributed by atoms with Gasteiger partial charge in [0.15, 0.2) is 5.78 Å². The summed E-state index contributed by atoms with van der Waals surface area (Å²) in [6.07, 6.45) is 3.40. The van der Waals surface area contributed by atoms with E-state index in [0.29, 0.717) is 84.9 Å². The minimum atomic E-state index is -3.80. The first kappa shape index (κ1) is 28.0. The van der Waals surface area contributed by atoms with E-state index in [1.54, 1.807) is 17.7 Å². The number of hydrogen-bond donors (Lipinski definition) is 2. The van der Waals surface area contributed by atoms with Crippen LogP contribution in [0.4, 0.5) is 0 Å². The van der Waals surface area contributed by atoms with Crippen molar-refractivity contribution in [2.45, 2.75) is 57.8 Å². The molecule has 0 atom stereocenters. The number of ketones is 1. The first-order valence-electron chi connectivity index (χ1n) is 13.1. The van der Waals surface area contributed by atoms with Gasteiger partial charge < -0.3 is 19.4 Å². The van der Waals surface area contributed by atoms with E-state index in [9.17, 15) is 23.1 Å². The smallest absolute Gasteiger partial charge is 0.275 e. The highest BCUT2D eigenvalue weighted by Crippen LogP contribution is 2.34. The zero-order valence-corrected chi connectivity index (χ0v) is 23.2. The molecule has 206 valence electrons. The third-order valence-electron chi connectivity index (χ3n) is 7.23. The summed E-state index contributed by atoms with van der Waals surface area (Å²) >= 11 is 0. The van der Waals surface area contributed by atoms with Crippen LogP contribution < -0.4 is 10.3 Å². The first-order chi connectivity index (χ1) is 18.1. The zero-order valence-electron chi connectivity index (χ0n) is 22.4. The van der Waals surface area contributed by atoms with Crippen LogP contribution in [0.2, 0.25) is 0 Å². The van der Waals surface area contributed by atoms with Gasteiger partial charge in [0.05, 0.1) is 22.8 Å². The van der Waals surface area contributed by atoms with E-state index < -0.39 is 15.6 Å². The number of ether oxygens (including phenoxy) is 1. The second-order valence-electron chi connectivity index (χ2n) is 9.75. The fourth-order valence-corrected chi connectivity index (χ4v) is 6.88. The number of aliphatic hydroxyl groups excluding tert-OH is 1. The van der Waals surface area contributed by atoms with E-state index in [-0.39, 0.29) is 23.1 Å². The van der Waals surface area contributed by atoms with E-state index in [1.807, 2.05) is 13.8 Å². The molecule has 0 unspecified atom stereocenters. The van der Waals surface area contributed by atoms with Crippen molar-refractivity contribution in [3.05, 3.63) is 39.8 Å². The maximum atomic E-state index is 13.5. The molecular formula is C27H36N4O6S. The molecule has 1 fully saturated rings. The number of H-pyrrole nitrogens is 1. The highest BCUT2D eigenvalue weighted by atomic mass is 32.2.